The van der Waals surface area contributed by atoms with E-state index in [1.165, 1.54) is 38.5 Å². The summed E-state index contributed by atoms with van der Waals surface area (Å²) in [5.41, 5.74) is 6.73. The number of hydrogen-bond acceptors (Lipinski definition) is 4. The molecule has 0 atom stereocenters. The van der Waals surface area contributed by atoms with Crippen LogP contribution in [0.2, 0.25) is 0 Å². The highest BCUT2D eigenvalue weighted by Crippen LogP contribution is 2.34. The molecule has 0 saturated heterocycles. The summed E-state index contributed by atoms with van der Waals surface area (Å²) >= 11 is 0. The summed E-state index contributed by atoms with van der Waals surface area (Å²) in [6, 6.07) is 3.83. The molecule has 2 fully saturated rings. The van der Waals surface area contributed by atoms with Crippen LogP contribution in [-0.2, 0) is 0 Å². The molecule has 0 aromatic carbocycles. The minimum absolute atomic E-state index is 0.177. The number of hydrogen-bond donors (Lipinski definition) is 2. The van der Waals surface area contributed by atoms with Crippen molar-refractivity contribution in [1.29, 1.82) is 0 Å². The number of ether oxygens (including phenoxy) is 1. The number of nitrogen functional groups attached to an aromatic ring is 1. The van der Waals surface area contributed by atoms with Crippen LogP contribution in [-0.4, -0.2) is 17.1 Å². The molecule has 2 aliphatic rings. The molecule has 3 rings (SSSR count). The molecule has 0 amide bonds. The second-order valence-corrected chi connectivity index (χ2v) is 6.24. The van der Waals surface area contributed by atoms with E-state index in [4.69, 9.17) is 10.5 Å². The van der Waals surface area contributed by atoms with Crippen molar-refractivity contribution in [2.75, 3.05) is 17.7 Å². The molecular formula is C15H23N3O. The van der Waals surface area contributed by atoms with E-state index in [0.29, 0.717) is 17.5 Å². The molecule has 2 aliphatic carbocycles. The van der Waals surface area contributed by atoms with Gasteiger partial charge in [-0.2, -0.15) is 4.98 Å². The monoisotopic (exact) mass is 261 g/mol. The zero-order valence-corrected chi connectivity index (χ0v) is 11.6. The number of anilines is 2. The van der Waals surface area contributed by atoms with Crippen molar-refractivity contribution in [3.63, 3.8) is 0 Å². The molecular weight excluding hydrogens is 238 g/mol. The Morgan fingerprint density at radius 1 is 1.37 bits per heavy atom. The highest BCUT2D eigenvalue weighted by atomic mass is 16.5. The molecule has 0 radical (unpaired) electrons. The van der Waals surface area contributed by atoms with E-state index in [0.717, 1.165) is 12.4 Å². The van der Waals surface area contributed by atoms with E-state index in [1.807, 2.05) is 12.1 Å². The normalized spacial score (nSPS) is 21.3. The van der Waals surface area contributed by atoms with Crippen molar-refractivity contribution >= 4 is 11.5 Å². The SMILES string of the molecule is CC1(Nc2ccc(N)c(OCC3CC3)n2)CCCC1. The topological polar surface area (TPSA) is 60.2 Å². The number of aromatic nitrogens is 1. The van der Waals surface area contributed by atoms with Gasteiger partial charge in [-0.1, -0.05) is 12.8 Å². The van der Waals surface area contributed by atoms with E-state index in [-0.39, 0.29) is 5.54 Å². The Bertz CT molecular complexity index is 451. The van der Waals surface area contributed by atoms with Gasteiger partial charge in [-0.3, -0.25) is 0 Å². The summed E-state index contributed by atoms with van der Waals surface area (Å²) in [7, 11) is 0. The average Bonchev–Trinajstić information content (AvgIpc) is 3.12. The summed E-state index contributed by atoms with van der Waals surface area (Å²) in [5.74, 6) is 2.17. The van der Waals surface area contributed by atoms with Crippen molar-refractivity contribution in [2.45, 2.75) is 51.0 Å². The first-order chi connectivity index (χ1) is 9.15. The summed E-state index contributed by atoms with van der Waals surface area (Å²) in [5, 5.41) is 3.54. The fourth-order valence-electron chi connectivity index (χ4n) is 2.71. The predicted octanol–water partition coefficient (Wildman–Crippen LogP) is 3.20. The van der Waals surface area contributed by atoms with Gasteiger partial charge in [0.1, 0.15) is 5.82 Å². The lowest BCUT2D eigenvalue weighted by molar-refractivity contribution is 0.290. The Labute approximate surface area is 114 Å². The number of pyridine rings is 1. The van der Waals surface area contributed by atoms with Crippen molar-refractivity contribution in [1.82, 2.24) is 4.98 Å². The highest BCUT2D eigenvalue weighted by Gasteiger charge is 2.29. The van der Waals surface area contributed by atoms with Crippen LogP contribution in [0.25, 0.3) is 0 Å². The summed E-state index contributed by atoms with van der Waals surface area (Å²) in [4.78, 5) is 4.52. The zero-order valence-electron chi connectivity index (χ0n) is 11.6. The second kappa shape index (κ2) is 4.91. The third-order valence-electron chi connectivity index (χ3n) is 4.18. The van der Waals surface area contributed by atoms with Gasteiger partial charge in [0.15, 0.2) is 0 Å². The molecule has 1 aromatic heterocycles. The lowest BCUT2D eigenvalue weighted by Crippen LogP contribution is -2.31. The van der Waals surface area contributed by atoms with Gasteiger partial charge >= 0.3 is 0 Å². The van der Waals surface area contributed by atoms with E-state index in [9.17, 15) is 0 Å². The van der Waals surface area contributed by atoms with Gasteiger partial charge in [0, 0.05) is 5.54 Å². The smallest absolute Gasteiger partial charge is 0.239 e. The highest BCUT2D eigenvalue weighted by molar-refractivity contribution is 5.54. The molecule has 4 heteroatoms. The first-order valence-corrected chi connectivity index (χ1v) is 7.32. The molecule has 0 bridgehead atoms. The quantitative estimate of drug-likeness (QED) is 0.854. The fraction of sp³-hybridized carbons (Fsp3) is 0.667. The van der Waals surface area contributed by atoms with Gasteiger partial charge in [-0.05, 0) is 50.7 Å². The Morgan fingerprint density at radius 2 is 2.11 bits per heavy atom. The Morgan fingerprint density at radius 3 is 2.79 bits per heavy atom. The van der Waals surface area contributed by atoms with Crippen LogP contribution < -0.4 is 15.8 Å². The van der Waals surface area contributed by atoms with Crippen molar-refractivity contribution in [3.05, 3.63) is 12.1 Å². The van der Waals surface area contributed by atoms with Crippen LogP contribution >= 0.6 is 0 Å². The summed E-state index contributed by atoms with van der Waals surface area (Å²) < 4.78 is 5.72. The van der Waals surface area contributed by atoms with Crippen LogP contribution in [0.5, 0.6) is 5.88 Å². The van der Waals surface area contributed by atoms with Crippen LogP contribution in [0, 0.1) is 5.92 Å². The maximum Gasteiger partial charge on any atom is 0.239 e. The number of nitrogens with two attached hydrogens (primary N) is 1. The predicted molar refractivity (Wildman–Crippen MR) is 77.4 cm³/mol. The van der Waals surface area contributed by atoms with Gasteiger partial charge in [0.2, 0.25) is 5.88 Å². The second-order valence-electron chi connectivity index (χ2n) is 6.24. The zero-order chi connectivity index (χ0) is 13.3. The van der Waals surface area contributed by atoms with Gasteiger partial charge < -0.3 is 15.8 Å². The number of nitrogens with zero attached hydrogens (tertiary/aromatic N) is 1. The van der Waals surface area contributed by atoms with Crippen molar-refractivity contribution in [3.8, 4) is 5.88 Å². The Balaban J connectivity index is 1.68. The van der Waals surface area contributed by atoms with Crippen molar-refractivity contribution in [2.24, 2.45) is 5.92 Å². The number of nitrogens with one attached hydrogen (secondary N) is 1. The average molecular weight is 261 g/mol. The third-order valence-corrected chi connectivity index (χ3v) is 4.18. The molecule has 3 N–H and O–H groups in total. The largest absolute Gasteiger partial charge is 0.476 e. The molecule has 4 nitrogen and oxygen atoms in total. The van der Waals surface area contributed by atoms with Crippen LogP contribution in [0.1, 0.15) is 45.4 Å². The molecule has 2 saturated carbocycles. The van der Waals surface area contributed by atoms with Crippen LogP contribution in [0.3, 0.4) is 0 Å². The first kappa shape index (κ1) is 12.6. The first-order valence-electron chi connectivity index (χ1n) is 7.32. The molecule has 19 heavy (non-hydrogen) atoms. The van der Waals surface area contributed by atoms with Gasteiger partial charge in [-0.15, -0.1) is 0 Å². The Kier molecular flexibility index (Phi) is 3.25. The third kappa shape index (κ3) is 3.11. The molecule has 0 spiro atoms. The van der Waals surface area contributed by atoms with Gasteiger partial charge in [-0.25, -0.2) is 0 Å². The summed E-state index contributed by atoms with van der Waals surface area (Å²) in [6.45, 7) is 3.01. The van der Waals surface area contributed by atoms with Gasteiger partial charge in [0.05, 0.1) is 12.3 Å². The molecule has 1 heterocycles. The van der Waals surface area contributed by atoms with Crippen molar-refractivity contribution < 1.29 is 4.74 Å². The molecule has 0 unspecified atom stereocenters. The number of rotatable bonds is 5. The lowest BCUT2D eigenvalue weighted by Gasteiger charge is -2.26. The molecule has 1 aromatic rings. The minimum Gasteiger partial charge on any atom is -0.476 e. The van der Waals surface area contributed by atoms with E-state index in [1.54, 1.807) is 0 Å². The minimum atomic E-state index is 0.177. The van der Waals surface area contributed by atoms with Crippen LogP contribution in [0.4, 0.5) is 11.5 Å². The summed E-state index contributed by atoms with van der Waals surface area (Å²) in [6.07, 6.45) is 7.55. The standard InChI is InChI=1S/C15H23N3O/c1-15(8-2-3-9-15)18-13-7-6-12(16)14(17-13)19-10-11-4-5-11/h6-7,11H,2-5,8-10,16H2,1H3,(H,17,18). The van der Waals surface area contributed by atoms with E-state index >= 15 is 0 Å². The fourth-order valence-corrected chi connectivity index (χ4v) is 2.71. The molecule has 104 valence electrons. The van der Waals surface area contributed by atoms with Crippen LogP contribution in [0.15, 0.2) is 12.1 Å². The maximum atomic E-state index is 5.92. The Hall–Kier alpha value is -1.45. The maximum absolute atomic E-state index is 5.92. The lowest BCUT2D eigenvalue weighted by atomic mass is 10.0. The molecule has 0 aliphatic heterocycles. The van der Waals surface area contributed by atoms with Gasteiger partial charge in [0.25, 0.3) is 0 Å². The van der Waals surface area contributed by atoms with E-state index < -0.39 is 0 Å². The van der Waals surface area contributed by atoms with E-state index in [2.05, 4.69) is 17.2 Å².